The minimum Gasteiger partial charge on any atom is -0.475 e. The molecule has 31 heavy (non-hydrogen) atoms. The van der Waals surface area contributed by atoms with E-state index in [9.17, 15) is 0 Å². The summed E-state index contributed by atoms with van der Waals surface area (Å²) in [7, 11) is 0. The second-order valence-electron chi connectivity index (χ2n) is 6.76. The molecule has 0 spiro atoms. The molecule has 5 aromatic rings. The Morgan fingerprint density at radius 1 is 1.03 bits per heavy atom. The first kappa shape index (κ1) is 18.8. The number of fused-ring (bicyclic) bond motifs is 2. The molecule has 10 heteroatoms. The van der Waals surface area contributed by atoms with Crippen LogP contribution >= 0.6 is 0 Å². The first-order valence-corrected chi connectivity index (χ1v) is 9.65. The number of aromatic nitrogens is 7. The van der Waals surface area contributed by atoms with Gasteiger partial charge in [-0.25, -0.2) is 19.6 Å². The van der Waals surface area contributed by atoms with E-state index in [1.54, 1.807) is 35.4 Å². The zero-order valence-corrected chi connectivity index (χ0v) is 16.4. The molecule has 0 unspecified atom stereocenters. The van der Waals surface area contributed by atoms with Gasteiger partial charge in [-0.2, -0.15) is 0 Å². The highest BCUT2D eigenvalue weighted by Gasteiger charge is 2.10. The maximum absolute atomic E-state index is 8.89. The van der Waals surface area contributed by atoms with Crippen molar-refractivity contribution in [2.75, 3.05) is 18.5 Å². The lowest BCUT2D eigenvalue weighted by Crippen LogP contribution is -2.05. The zero-order chi connectivity index (χ0) is 21.0. The van der Waals surface area contributed by atoms with E-state index in [2.05, 4.69) is 41.6 Å². The fourth-order valence-corrected chi connectivity index (χ4v) is 3.18. The van der Waals surface area contributed by atoms with E-state index in [1.807, 2.05) is 24.3 Å². The van der Waals surface area contributed by atoms with Crippen LogP contribution in [0.3, 0.4) is 0 Å². The fraction of sp³-hybridized carbons (Fsp3) is 0.143. The number of hydrogen-bond donors (Lipinski definition) is 2. The monoisotopic (exact) mass is 414 g/mol. The third kappa shape index (κ3) is 4.09. The molecule has 0 saturated carbocycles. The Hall–Kier alpha value is -4.18. The number of benzene rings is 1. The Morgan fingerprint density at radius 2 is 2.00 bits per heavy atom. The summed E-state index contributed by atoms with van der Waals surface area (Å²) in [5.74, 6) is 0.948. The fourth-order valence-electron chi connectivity index (χ4n) is 3.18. The van der Waals surface area contributed by atoms with Crippen molar-refractivity contribution in [1.82, 2.24) is 34.9 Å². The molecule has 0 atom stereocenters. The number of ether oxygens (including phenoxy) is 1. The van der Waals surface area contributed by atoms with Crippen LogP contribution in [0, 0.1) is 0 Å². The van der Waals surface area contributed by atoms with Crippen molar-refractivity contribution in [2.45, 2.75) is 6.54 Å². The Balaban J connectivity index is 1.40. The molecule has 0 radical (unpaired) electrons. The minimum absolute atomic E-state index is 0.0772. The van der Waals surface area contributed by atoms with Crippen molar-refractivity contribution in [3.8, 4) is 5.88 Å². The Kier molecular flexibility index (Phi) is 5.03. The summed E-state index contributed by atoms with van der Waals surface area (Å²) in [4.78, 5) is 17.4. The van der Waals surface area contributed by atoms with Gasteiger partial charge in [0.15, 0.2) is 11.5 Å². The summed E-state index contributed by atoms with van der Waals surface area (Å²) in [5, 5.41) is 21.5. The Morgan fingerprint density at radius 3 is 2.94 bits per heavy atom. The number of aliphatic hydroxyl groups is 1. The van der Waals surface area contributed by atoms with Gasteiger partial charge in [0.1, 0.15) is 6.61 Å². The molecule has 5 rings (SSSR count). The lowest BCUT2D eigenvalue weighted by Gasteiger charge is -2.08. The molecule has 0 bridgehead atoms. The summed E-state index contributed by atoms with van der Waals surface area (Å²) < 4.78 is 7.06. The van der Waals surface area contributed by atoms with E-state index >= 15 is 0 Å². The van der Waals surface area contributed by atoms with Gasteiger partial charge in [0, 0.05) is 29.5 Å². The molecule has 0 amide bonds. The van der Waals surface area contributed by atoms with E-state index in [1.165, 1.54) is 0 Å². The second kappa shape index (κ2) is 8.28. The molecule has 0 aliphatic carbocycles. The van der Waals surface area contributed by atoms with E-state index in [-0.39, 0.29) is 13.2 Å². The van der Waals surface area contributed by atoms with Crippen molar-refractivity contribution in [3.63, 3.8) is 0 Å². The van der Waals surface area contributed by atoms with Crippen molar-refractivity contribution >= 4 is 33.7 Å². The van der Waals surface area contributed by atoms with Crippen molar-refractivity contribution in [2.24, 2.45) is 0 Å². The average molecular weight is 414 g/mol. The van der Waals surface area contributed by atoms with Crippen LogP contribution < -0.4 is 10.1 Å². The molecule has 154 valence electrons. The summed E-state index contributed by atoms with van der Waals surface area (Å²) in [6.45, 7) is 0.609. The van der Waals surface area contributed by atoms with E-state index in [0.717, 1.165) is 22.2 Å². The molecule has 0 aliphatic heterocycles. The Labute approximate surface area is 176 Å². The minimum atomic E-state index is -0.0772. The third-order valence-corrected chi connectivity index (χ3v) is 4.58. The smallest absolute Gasteiger partial charge is 0.221 e. The van der Waals surface area contributed by atoms with Crippen LogP contribution in [-0.2, 0) is 6.54 Å². The molecule has 4 aromatic heterocycles. The van der Waals surface area contributed by atoms with Crippen molar-refractivity contribution in [1.29, 1.82) is 0 Å². The topological polar surface area (TPSA) is 124 Å². The van der Waals surface area contributed by atoms with Crippen LogP contribution in [0.25, 0.3) is 22.2 Å². The molecule has 0 saturated heterocycles. The molecule has 0 fully saturated rings. The second-order valence-corrected chi connectivity index (χ2v) is 6.76. The van der Waals surface area contributed by atoms with Gasteiger partial charge in [0.25, 0.3) is 0 Å². The van der Waals surface area contributed by atoms with Crippen molar-refractivity contribution < 1.29 is 9.84 Å². The summed E-state index contributed by atoms with van der Waals surface area (Å²) >= 11 is 0. The number of nitrogens with zero attached hydrogens (tertiary/aromatic N) is 7. The maximum Gasteiger partial charge on any atom is 0.221 e. The molecule has 0 aliphatic rings. The van der Waals surface area contributed by atoms with E-state index < -0.39 is 0 Å². The van der Waals surface area contributed by atoms with Crippen LogP contribution in [0.5, 0.6) is 5.88 Å². The van der Waals surface area contributed by atoms with Gasteiger partial charge in [0.2, 0.25) is 11.5 Å². The predicted molar refractivity (Wildman–Crippen MR) is 114 cm³/mol. The number of anilines is 2. The number of hydrogen-bond acceptors (Lipinski definition) is 9. The molecule has 10 nitrogen and oxygen atoms in total. The van der Waals surface area contributed by atoms with Crippen LogP contribution in [0.4, 0.5) is 11.5 Å². The maximum atomic E-state index is 8.89. The van der Waals surface area contributed by atoms with Crippen molar-refractivity contribution in [3.05, 3.63) is 66.6 Å². The van der Waals surface area contributed by atoms with Gasteiger partial charge in [-0.15, -0.1) is 5.10 Å². The highest BCUT2D eigenvalue weighted by molar-refractivity contribution is 5.79. The zero-order valence-electron chi connectivity index (χ0n) is 16.4. The van der Waals surface area contributed by atoms with Crippen LogP contribution in [0.2, 0.25) is 0 Å². The molecule has 2 N–H and O–H groups in total. The predicted octanol–water partition coefficient (Wildman–Crippen LogP) is 2.33. The molecule has 4 heterocycles. The summed E-state index contributed by atoms with van der Waals surface area (Å²) in [6, 6.07) is 13.5. The normalized spacial score (nSPS) is 11.1. The first-order chi connectivity index (χ1) is 15.3. The van der Waals surface area contributed by atoms with Gasteiger partial charge in [-0.3, -0.25) is 4.98 Å². The van der Waals surface area contributed by atoms with Crippen LogP contribution in [0.1, 0.15) is 5.56 Å². The SMILES string of the molecule is OCCOc1cc(Nc2cnc3nnn(Cc4ccc5ncccc5c4)c3n2)ccn1. The van der Waals surface area contributed by atoms with Crippen LogP contribution in [-0.4, -0.2) is 53.3 Å². The van der Waals surface area contributed by atoms with Gasteiger partial charge in [-0.05, 0) is 29.8 Å². The number of pyridine rings is 2. The first-order valence-electron chi connectivity index (χ1n) is 9.65. The standard InChI is InChI=1S/C21H18N8O2/c30-8-9-31-19-11-16(5-7-23-19)25-18-12-24-20-21(26-18)29(28-27-20)13-14-3-4-17-15(10-14)2-1-6-22-17/h1-7,10-12,30H,8-9,13H2,(H,23,25,26). The molecule has 1 aromatic carbocycles. The number of nitrogens with one attached hydrogen (secondary N) is 1. The summed E-state index contributed by atoms with van der Waals surface area (Å²) in [6.07, 6.45) is 4.99. The summed E-state index contributed by atoms with van der Waals surface area (Å²) in [5.41, 5.74) is 3.78. The molecular weight excluding hydrogens is 396 g/mol. The number of aliphatic hydroxyl groups excluding tert-OH is 1. The molecular formula is C21H18N8O2. The lowest BCUT2D eigenvalue weighted by atomic mass is 10.1. The van der Waals surface area contributed by atoms with E-state index in [0.29, 0.717) is 29.5 Å². The quantitative estimate of drug-likeness (QED) is 0.413. The van der Waals surface area contributed by atoms with Gasteiger partial charge in [0.05, 0.1) is 24.9 Å². The third-order valence-electron chi connectivity index (χ3n) is 4.58. The van der Waals surface area contributed by atoms with E-state index in [4.69, 9.17) is 9.84 Å². The van der Waals surface area contributed by atoms with Crippen LogP contribution in [0.15, 0.2) is 61.1 Å². The lowest BCUT2D eigenvalue weighted by molar-refractivity contribution is 0.197. The largest absolute Gasteiger partial charge is 0.475 e. The highest BCUT2D eigenvalue weighted by Crippen LogP contribution is 2.20. The van der Waals surface area contributed by atoms with Gasteiger partial charge >= 0.3 is 0 Å². The average Bonchev–Trinajstić information content (AvgIpc) is 3.20. The highest BCUT2D eigenvalue weighted by atomic mass is 16.5. The Bertz CT molecular complexity index is 1350. The van der Waals surface area contributed by atoms with Gasteiger partial charge < -0.3 is 15.2 Å². The number of rotatable bonds is 7. The van der Waals surface area contributed by atoms with Gasteiger partial charge in [-0.1, -0.05) is 17.3 Å².